The zero-order valence-electron chi connectivity index (χ0n) is 5.16. The second kappa shape index (κ2) is 5.51. The van der Waals surface area contributed by atoms with Crippen LogP contribution in [0.5, 0.6) is 0 Å². The van der Waals surface area contributed by atoms with E-state index in [0.717, 1.165) is 6.42 Å². The molecule has 0 aliphatic rings. The minimum Gasteiger partial charge on any atom is -0.333 e. The summed E-state index contributed by atoms with van der Waals surface area (Å²) in [4.78, 5) is 0. The van der Waals surface area contributed by atoms with Crippen molar-refractivity contribution in [2.75, 3.05) is 6.61 Å². The molecule has 0 saturated carbocycles. The van der Waals surface area contributed by atoms with Gasteiger partial charge in [0, 0.05) is 0 Å². The highest BCUT2D eigenvalue weighted by Crippen LogP contribution is 2.32. The lowest BCUT2D eigenvalue weighted by atomic mass is 10.5. The SMILES string of the molecule is CCCOP(C#N)C#N. The third-order valence-corrected chi connectivity index (χ3v) is 1.41. The van der Waals surface area contributed by atoms with Crippen molar-refractivity contribution in [3.63, 3.8) is 0 Å². The summed E-state index contributed by atoms with van der Waals surface area (Å²) in [5, 5.41) is 16.4. The number of nitrogens with zero attached hydrogens (tertiary/aromatic N) is 2. The molecular formula is C5H7N2OP. The van der Waals surface area contributed by atoms with E-state index in [1.165, 1.54) is 0 Å². The minimum atomic E-state index is -1.45. The third kappa shape index (κ3) is 3.91. The first-order valence-corrected chi connectivity index (χ1v) is 3.83. The van der Waals surface area contributed by atoms with E-state index in [1.54, 1.807) is 11.6 Å². The molecule has 9 heavy (non-hydrogen) atoms. The van der Waals surface area contributed by atoms with E-state index in [1.807, 2.05) is 6.92 Å². The van der Waals surface area contributed by atoms with Crippen molar-refractivity contribution in [3.8, 4) is 11.6 Å². The van der Waals surface area contributed by atoms with Gasteiger partial charge in [-0.2, -0.15) is 10.5 Å². The molecule has 3 nitrogen and oxygen atoms in total. The van der Waals surface area contributed by atoms with Crippen molar-refractivity contribution in [2.24, 2.45) is 0 Å². The maximum Gasteiger partial charge on any atom is 0.246 e. The zero-order valence-corrected chi connectivity index (χ0v) is 6.06. The number of hydrogen-bond donors (Lipinski definition) is 0. The van der Waals surface area contributed by atoms with Gasteiger partial charge in [-0.25, -0.2) is 0 Å². The highest BCUT2D eigenvalue weighted by molar-refractivity contribution is 7.62. The van der Waals surface area contributed by atoms with E-state index in [9.17, 15) is 0 Å². The Bertz CT molecular complexity index is 132. The first-order valence-electron chi connectivity index (χ1n) is 2.57. The Balaban J connectivity index is 3.38. The summed E-state index contributed by atoms with van der Waals surface area (Å²) in [5.41, 5.74) is 0. The molecular weight excluding hydrogens is 135 g/mol. The van der Waals surface area contributed by atoms with Crippen LogP contribution >= 0.6 is 8.15 Å². The molecule has 0 N–H and O–H groups in total. The van der Waals surface area contributed by atoms with Crippen LogP contribution in [0, 0.1) is 22.1 Å². The van der Waals surface area contributed by atoms with Crippen LogP contribution in [0.4, 0.5) is 0 Å². The maximum absolute atomic E-state index is 8.18. The number of hydrogen-bond acceptors (Lipinski definition) is 3. The molecule has 0 heterocycles. The summed E-state index contributed by atoms with van der Waals surface area (Å²) >= 11 is 0. The molecule has 48 valence electrons. The first kappa shape index (κ1) is 8.37. The molecule has 0 aliphatic carbocycles. The Morgan fingerprint density at radius 1 is 1.44 bits per heavy atom. The maximum atomic E-state index is 8.18. The largest absolute Gasteiger partial charge is 0.333 e. The monoisotopic (exact) mass is 142 g/mol. The summed E-state index contributed by atoms with van der Waals surface area (Å²) in [6, 6.07) is 0. The predicted octanol–water partition coefficient (Wildman–Crippen LogP) is 1.77. The van der Waals surface area contributed by atoms with E-state index in [0.29, 0.717) is 6.61 Å². The highest BCUT2D eigenvalue weighted by Gasteiger charge is 2.02. The Hall–Kier alpha value is -0.630. The first-order chi connectivity index (χ1) is 4.35. The molecule has 0 fully saturated rings. The lowest BCUT2D eigenvalue weighted by Gasteiger charge is -1.96. The predicted molar refractivity (Wildman–Crippen MR) is 34.4 cm³/mol. The summed E-state index contributed by atoms with van der Waals surface area (Å²) in [6.07, 6.45) is 0.849. The van der Waals surface area contributed by atoms with Crippen LogP contribution in [0.3, 0.4) is 0 Å². The van der Waals surface area contributed by atoms with Crippen LogP contribution in [0.25, 0.3) is 0 Å². The minimum absolute atomic E-state index is 0.507. The Labute approximate surface area is 55.7 Å². The third-order valence-electron chi connectivity index (χ3n) is 0.606. The number of rotatable bonds is 3. The van der Waals surface area contributed by atoms with Crippen molar-refractivity contribution >= 4 is 8.15 Å². The van der Waals surface area contributed by atoms with Crippen molar-refractivity contribution in [2.45, 2.75) is 13.3 Å². The van der Waals surface area contributed by atoms with Gasteiger partial charge in [-0.3, -0.25) is 0 Å². The molecule has 0 unspecified atom stereocenters. The average Bonchev–Trinajstić information content (AvgIpc) is 1.91. The van der Waals surface area contributed by atoms with Gasteiger partial charge in [-0.15, -0.1) is 0 Å². The van der Waals surface area contributed by atoms with Gasteiger partial charge in [0.2, 0.25) is 8.15 Å². The molecule has 0 aliphatic heterocycles. The van der Waals surface area contributed by atoms with E-state index < -0.39 is 8.15 Å². The molecule has 0 rings (SSSR count). The molecule has 0 aromatic carbocycles. The van der Waals surface area contributed by atoms with Crippen LogP contribution in [0.2, 0.25) is 0 Å². The summed E-state index contributed by atoms with van der Waals surface area (Å²) < 4.78 is 4.83. The average molecular weight is 142 g/mol. The summed E-state index contributed by atoms with van der Waals surface area (Å²) in [6.45, 7) is 2.44. The van der Waals surface area contributed by atoms with E-state index in [-0.39, 0.29) is 0 Å². The standard InChI is InChI=1S/C5H7N2OP/c1-2-3-8-9(4-6)5-7/h2-3H2,1H3. The molecule has 4 heteroatoms. The lowest BCUT2D eigenvalue weighted by Crippen LogP contribution is -1.82. The van der Waals surface area contributed by atoms with Gasteiger partial charge in [-0.1, -0.05) is 6.92 Å². The molecule has 0 amide bonds. The van der Waals surface area contributed by atoms with Crippen molar-refractivity contribution in [3.05, 3.63) is 0 Å². The summed E-state index contributed by atoms with van der Waals surface area (Å²) in [5.74, 6) is 3.54. The van der Waals surface area contributed by atoms with E-state index >= 15 is 0 Å². The van der Waals surface area contributed by atoms with Gasteiger partial charge in [0.1, 0.15) is 11.6 Å². The fourth-order valence-corrected chi connectivity index (χ4v) is 0.788. The molecule has 0 bridgehead atoms. The Morgan fingerprint density at radius 3 is 2.33 bits per heavy atom. The van der Waals surface area contributed by atoms with Crippen LogP contribution in [0.1, 0.15) is 13.3 Å². The second-order valence-corrected chi connectivity index (χ2v) is 2.57. The molecule has 0 radical (unpaired) electrons. The Kier molecular flexibility index (Phi) is 5.12. The molecule has 0 atom stereocenters. The van der Waals surface area contributed by atoms with E-state index in [4.69, 9.17) is 15.0 Å². The topological polar surface area (TPSA) is 56.8 Å². The molecule has 0 saturated heterocycles. The van der Waals surface area contributed by atoms with Gasteiger partial charge in [0.15, 0.2) is 0 Å². The smallest absolute Gasteiger partial charge is 0.246 e. The fourth-order valence-electron chi connectivity index (χ4n) is 0.263. The van der Waals surface area contributed by atoms with Gasteiger partial charge >= 0.3 is 0 Å². The molecule has 0 aromatic heterocycles. The van der Waals surface area contributed by atoms with Gasteiger partial charge in [-0.05, 0) is 6.42 Å². The van der Waals surface area contributed by atoms with Crippen molar-refractivity contribution < 1.29 is 4.52 Å². The zero-order chi connectivity index (χ0) is 7.11. The van der Waals surface area contributed by atoms with Crippen molar-refractivity contribution in [1.82, 2.24) is 0 Å². The van der Waals surface area contributed by atoms with Crippen LogP contribution < -0.4 is 0 Å². The van der Waals surface area contributed by atoms with Crippen molar-refractivity contribution in [1.29, 1.82) is 10.5 Å². The van der Waals surface area contributed by atoms with Gasteiger partial charge in [0.25, 0.3) is 0 Å². The number of nitriles is 2. The Morgan fingerprint density at radius 2 is 2.00 bits per heavy atom. The van der Waals surface area contributed by atoms with Crippen LogP contribution in [0.15, 0.2) is 0 Å². The lowest BCUT2D eigenvalue weighted by molar-refractivity contribution is 0.361. The molecule has 0 aromatic rings. The van der Waals surface area contributed by atoms with Gasteiger partial charge < -0.3 is 4.52 Å². The summed E-state index contributed by atoms with van der Waals surface area (Å²) in [7, 11) is -1.45. The quantitative estimate of drug-likeness (QED) is 0.564. The van der Waals surface area contributed by atoms with Crippen LogP contribution in [-0.2, 0) is 4.52 Å². The van der Waals surface area contributed by atoms with Crippen LogP contribution in [-0.4, -0.2) is 6.61 Å². The molecule has 0 spiro atoms. The normalized spacial score (nSPS) is 8.44. The van der Waals surface area contributed by atoms with E-state index in [2.05, 4.69) is 0 Å². The second-order valence-electron chi connectivity index (χ2n) is 1.33. The van der Waals surface area contributed by atoms with Gasteiger partial charge in [0.05, 0.1) is 6.61 Å². The highest BCUT2D eigenvalue weighted by atomic mass is 31.1. The fraction of sp³-hybridized carbons (Fsp3) is 0.600.